The van der Waals surface area contributed by atoms with Crippen molar-refractivity contribution in [3.8, 4) is 5.75 Å². The molecule has 3 amide bonds. The lowest BCUT2D eigenvalue weighted by Crippen LogP contribution is -2.47. The molecular weight excluding hydrogens is 336 g/mol. The number of benzene rings is 1. The zero-order valence-corrected chi connectivity index (χ0v) is 13.9. The van der Waals surface area contributed by atoms with Crippen molar-refractivity contribution in [3.63, 3.8) is 0 Å². The molecule has 1 aromatic carbocycles. The van der Waals surface area contributed by atoms with E-state index in [0.717, 1.165) is 25.7 Å². The molecule has 1 aliphatic carbocycles. The topological polar surface area (TPSA) is 105 Å². The minimum atomic E-state index is -1.19. The molecule has 1 aromatic rings. The summed E-state index contributed by atoms with van der Waals surface area (Å²) in [6.45, 7) is 1.34. The zero-order chi connectivity index (χ0) is 17.7. The van der Waals surface area contributed by atoms with E-state index < -0.39 is 24.0 Å². The second-order valence-corrected chi connectivity index (χ2v) is 6.09. The monoisotopic (exact) mass is 354 g/mol. The Balaban J connectivity index is 1.86. The number of phenols is 1. The fraction of sp³-hybridized carbons (Fsp3) is 0.438. The van der Waals surface area contributed by atoms with Crippen molar-refractivity contribution < 1.29 is 24.2 Å². The summed E-state index contributed by atoms with van der Waals surface area (Å²) < 4.78 is 4.96. The molecule has 1 saturated carbocycles. The molecule has 0 spiro atoms. The van der Waals surface area contributed by atoms with Crippen molar-refractivity contribution in [2.45, 2.75) is 44.8 Å². The number of amides is 3. The molecule has 0 aromatic heterocycles. The lowest BCUT2D eigenvalue weighted by molar-refractivity contribution is -0.127. The van der Waals surface area contributed by atoms with Gasteiger partial charge in [-0.2, -0.15) is 0 Å². The third kappa shape index (κ3) is 4.86. The summed E-state index contributed by atoms with van der Waals surface area (Å²) in [5.74, 6) is -1.98. The number of nitrogens with one attached hydrogen (secondary N) is 2. The average molecular weight is 355 g/mol. The van der Waals surface area contributed by atoms with E-state index in [1.165, 1.54) is 25.1 Å². The predicted octanol–water partition coefficient (Wildman–Crippen LogP) is 2.36. The van der Waals surface area contributed by atoms with Crippen LogP contribution in [0.2, 0.25) is 5.02 Å². The molecule has 1 atom stereocenters. The highest BCUT2D eigenvalue weighted by molar-refractivity contribution is 6.30. The molecule has 0 unspecified atom stereocenters. The highest BCUT2D eigenvalue weighted by atomic mass is 35.5. The van der Waals surface area contributed by atoms with E-state index in [0.29, 0.717) is 0 Å². The number of hydrogen-bond donors (Lipinski definition) is 3. The number of carbonyl (C=O) groups excluding carboxylic acids is 3. The Morgan fingerprint density at radius 3 is 2.58 bits per heavy atom. The molecule has 130 valence electrons. The Labute approximate surface area is 144 Å². The molecule has 0 aliphatic heterocycles. The van der Waals surface area contributed by atoms with Gasteiger partial charge in [-0.25, -0.2) is 9.59 Å². The molecule has 0 radical (unpaired) electrons. The summed E-state index contributed by atoms with van der Waals surface area (Å²) >= 11 is 5.68. The first-order valence-electron chi connectivity index (χ1n) is 7.67. The van der Waals surface area contributed by atoms with Crippen molar-refractivity contribution in [3.05, 3.63) is 28.8 Å². The average Bonchev–Trinajstić information content (AvgIpc) is 2.99. The van der Waals surface area contributed by atoms with Crippen molar-refractivity contribution in [2.75, 3.05) is 0 Å². The molecule has 1 fully saturated rings. The van der Waals surface area contributed by atoms with E-state index in [1.807, 2.05) is 0 Å². The van der Waals surface area contributed by atoms with E-state index in [4.69, 9.17) is 16.3 Å². The number of carbonyl (C=O) groups is 3. The smallest absolute Gasteiger partial charge is 0.342 e. The second-order valence-electron chi connectivity index (χ2n) is 5.65. The highest BCUT2D eigenvalue weighted by Gasteiger charge is 2.24. The molecular formula is C16H19ClN2O5. The van der Waals surface area contributed by atoms with Crippen LogP contribution in [0.4, 0.5) is 4.79 Å². The Bertz CT molecular complexity index is 643. The van der Waals surface area contributed by atoms with Crippen molar-refractivity contribution >= 4 is 29.5 Å². The van der Waals surface area contributed by atoms with Gasteiger partial charge < -0.3 is 15.2 Å². The SMILES string of the molecule is C[C@H](OC(=O)c1ccc(Cl)cc1O)C(=O)NC(=O)NC1CCCC1. The largest absolute Gasteiger partial charge is 0.507 e. The lowest BCUT2D eigenvalue weighted by Gasteiger charge is -2.15. The Kier molecular flexibility index (Phi) is 6.03. The quantitative estimate of drug-likeness (QED) is 0.720. The third-order valence-electron chi connectivity index (χ3n) is 3.76. The van der Waals surface area contributed by atoms with Gasteiger partial charge in [0.25, 0.3) is 5.91 Å². The zero-order valence-electron chi connectivity index (χ0n) is 13.2. The fourth-order valence-corrected chi connectivity index (χ4v) is 2.63. The number of hydrogen-bond acceptors (Lipinski definition) is 5. The van der Waals surface area contributed by atoms with Crippen LogP contribution in [-0.2, 0) is 9.53 Å². The summed E-state index contributed by atoms with van der Waals surface area (Å²) in [5, 5.41) is 14.8. The van der Waals surface area contributed by atoms with Gasteiger partial charge in [-0.15, -0.1) is 0 Å². The molecule has 8 heteroatoms. The minimum absolute atomic E-state index is 0.0710. The summed E-state index contributed by atoms with van der Waals surface area (Å²) in [7, 11) is 0. The number of urea groups is 1. The number of esters is 1. The Morgan fingerprint density at radius 2 is 1.96 bits per heavy atom. The highest BCUT2D eigenvalue weighted by Crippen LogP contribution is 2.23. The number of ether oxygens (including phenoxy) is 1. The van der Waals surface area contributed by atoms with Crippen molar-refractivity contribution in [1.29, 1.82) is 0 Å². The van der Waals surface area contributed by atoms with Crippen LogP contribution in [-0.4, -0.2) is 35.2 Å². The van der Waals surface area contributed by atoms with Gasteiger partial charge in [0.1, 0.15) is 11.3 Å². The molecule has 0 heterocycles. The first-order chi connectivity index (χ1) is 11.4. The predicted molar refractivity (Wildman–Crippen MR) is 86.9 cm³/mol. The molecule has 24 heavy (non-hydrogen) atoms. The lowest BCUT2D eigenvalue weighted by atomic mass is 10.2. The van der Waals surface area contributed by atoms with Crippen molar-refractivity contribution in [2.24, 2.45) is 0 Å². The molecule has 0 saturated heterocycles. The molecule has 2 rings (SSSR count). The normalized spacial score (nSPS) is 15.6. The van der Waals surface area contributed by atoms with Crippen molar-refractivity contribution in [1.82, 2.24) is 10.6 Å². The van der Waals surface area contributed by atoms with Gasteiger partial charge in [0.2, 0.25) is 0 Å². The van der Waals surface area contributed by atoms with Crippen LogP contribution >= 0.6 is 11.6 Å². The van der Waals surface area contributed by atoms with Gasteiger partial charge in [-0.3, -0.25) is 10.1 Å². The Hall–Kier alpha value is -2.28. The second kappa shape index (κ2) is 8.01. The van der Waals surface area contributed by atoms with E-state index in [2.05, 4.69) is 10.6 Å². The van der Waals surface area contributed by atoms with Gasteiger partial charge >= 0.3 is 12.0 Å². The van der Waals surface area contributed by atoms with Crippen LogP contribution in [0.1, 0.15) is 43.0 Å². The summed E-state index contributed by atoms with van der Waals surface area (Å²) in [6, 6.07) is 3.36. The van der Waals surface area contributed by atoms with Crippen LogP contribution in [0.3, 0.4) is 0 Å². The number of imide groups is 1. The first-order valence-corrected chi connectivity index (χ1v) is 8.05. The van der Waals surface area contributed by atoms with E-state index in [9.17, 15) is 19.5 Å². The van der Waals surface area contributed by atoms with Gasteiger partial charge in [0, 0.05) is 11.1 Å². The van der Waals surface area contributed by atoms with E-state index >= 15 is 0 Å². The maximum atomic E-state index is 12.0. The molecule has 0 bridgehead atoms. The van der Waals surface area contributed by atoms with Gasteiger partial charge in [-0.05, 0) is 38.0 Å². The van der Waals surface area contributed by atoms with Crippen LogP contribution in [0.25, 0.3) is 0 Å². The maximum absolute atomic E-state index is 12.0. The molecule has 3 N–H and O–H groups in total. The molecule has 7 nitrogen and oxygen atoms in total. The Morgan fingerprint density at radius 1 is 1.29 bits per heavy atom. The molecule has 1 aliphatic rings. The minimum Gasteiger partial charge on any atom is -0.507 e. The maximum Gasteiger partial charge on any atom is 0.342 e. The summed E-state index contributed by atoms with van der Waals surface area (Å²) in [5.41, 5.74) is -0.116. The van der Waals surface area contributed by atoms with Gasteiger partial charge in [-0.1, -0.05) is 24.4 Å². The summed E-state index contributed by atoms with van der Waals surface area (Å²) in [6.07, 6.45) is 2.70. The number of halogens is 1. The van der Waals surface area contributed by atoms with Gasteiger partial charge in [0.05, 0.1) is 0 Å². The third-order valence-corrected chi connectivity index (χ3v) is 3.99. The van der Waals surface area contributed by atoms with E-state index in [-0.39, 0.29) is 22.4 Å². The number of rotatable bonds is 4. The van der Waals surface area contributed by atoms with Crippen LogP contribution in [0.15, 0.2) is 18.2 Å². The standard InChI is InChI=1S/C16H19ClN2O5/c1-9(14(21)19-16(23)18-11-4-2-3-5-11)24-15(22)12-7-6-10(17)8-13(12)20/h6-9,11,20H,2-5H2,1H3,(H2,18,19,21,23)/t9-/m0/s1. The number of aromatic hydroxyl groups is 1. The van der Waals surface area contributed by atoms with Crippen LogP contribution in [0, 0.1) is 0 Å². The fourth-order valence-electron chi connectivity index (χ4n) is 2.46. The number of phenolic OH excluding ortho intramolecular Hbond substituents is 1. The van der Waals surface area contributed by atoms with Crippen LogP contribution < -0.4 is 10.6 Å². The van der Waals surface area contributed by atoms with E-state index in [1.54, 1.807) is 0 Å². The van der Waals surface area contributed by atoms with Gasteiger partial charge in [0.15, 0.2) is 6.10 Å². The summed E-state index contributed by atoms with van der Waals surface area (Å²) in [4.78, 5) is 35.6. The van der Waals surface area contributed by atoms with Crippen LogP contribution in [0.5, 0.6) is 5.75 Å². The first kappa shape index (κ1) is 18.1.